The number of hydrogen-bond donors (Lipinski definition) is 4. The lowest BCUT2D eigenvalue weighted by Crippen LogP contribution is -2.45. The SMILES string of the molecule is CNCC(C)CC(N)(CCCCCCN)CC(C)CNC. The van der Waals surface area contributed by atoms with Crippen LogP contribution in [0.3, 0.4) is 0 Å². The topological polar surface area (TPSA) is 76.1 Å². The Morgan fingerprint density at radius 1 is 0.857 bits per heavy atom. The third kappa shape index (κ3) is 11.1. The number of nitrogens with two attached hydrogens (primary N) is 2. The van der Waals surface area contributed by atoms with E-state index in [-0.39, 0.29) is 5.54 Å². The molecule has 0 radical (unpaired) electrons. The number of nitrogens with one attached hydrogen (secondary N) is 2. The van der Waals surface area contributed by atoms with Gasteiger partial charge in [0.25, 0.3) is 0 Å². The van der Waals surface area contributed by atoms with E-state index >= 15 is 0 Å². The highest BCUT2D eigenvalue weighted by atomic mass is 14.8. The standard InChI is InChI=1S/C17H40N4/c1-15(13-20-3)11-17(19,12-16(2)14-21-4)9-7-5-6-8-10-18/h15-16,20-21H,5-14,18-19H2,1-4H3. The molecule has 6 N–H and O–H groups in total. The van der Waals surface area contributed by atoms with Crippen LogP contribution in [0.2, 0.25) is 0 Å². The zero-order valence-electron chi connectivity index (χ0n) is 14.9. The summed E-state index contributed by atoms with van der Waals surface area (Å²) in [6.07, 6.45) is 8.23. The van der Waals surface area contributed by atoms with Crippen molar-refractivity contribution >= 4 is 0 Å². The van der Waals surface area contributed by atoms with Gasteiger partial charge in [-0.1, -0.05) is 33.1 Å². The van der Waals surface area contributed by atoms with Crippen molar-refractivity contribution in [1.29, 1.82) is 0 Å². The molecule has 2 unspecified atom stereocenters. The van der Waals surface area contributed by atoms with Gasteiger partial charge in [-0.3, -0.25) is 0 Å². The molecule has 0 aromatic carbocycles. The zero-order chi connectivity index (χ0) is 16.1. The van der Waals surface area contributed by atoms with Gasteiger partial charge in [-0.2, -0.15) is 0 Å². The summed E-state index contributed by atoms with van der Waals surface area (Å²) >= 11 is 0. The van der Waals surface area contributed by atoms with Crippen molar-refractivity contribution in [2.45, 2.75) is 64.3 Å². The molecule has 0 amide bonds. The molecule has 128 valence electrons. The molecule has 21 heavy (non-hydrogen) atoms. The predicted octanol–water partition coefficient (Wildman–Crippen LogP) is 2.08. The highest BCUT2D eigenvalue weighted by molar-refractivity contribution is 4.88. The molecule has 4 nitrogen and oxygen atoms in total. The lowest BCUT2D eigenvalue weighted by atomic mass is 9.78. The van der Waals surface area contributed by atoms with Gasteiger partial charge >= 0.3 is 0 Å². The highest BCUT2D eigenvalue weighted by Gasteiger charge is 2.28. The third-order valence-corrected chi connectivity index (χ3v) is 4.24. The average Bonchev–Trinajstić information content (AvgIpc) is 2.38. The van der Waals surface area contributed by atoms with E-state index in [1.807, 2.05) is 14.1 Å². The summed E-state index contributed by atoms with van der Waals surface area (Å²) < 4.78 is 0. The van der Waals surface area contributed by atoms with Crippen LogP contribution >= 0.6 is 0 Å². The zero-order valence-corrected chi connectivity index (χ0v) is 14.9. The fourth-order valence-corrected chi connectivity index (χ4v) is 3.49. The van der Waals surface area contributed by atoms with Crippen LogP contribution in [0, 0.1) is 11.8 Å². The van der Waals surface area contributed by atoms with Crippen molar-refractivity contribution in [2.24, 2.45) is 23.3 Å². The summed E-state index contributed by atoms with van der Waals surface area (Å²) in [6, 6.07) is 0. The fourth-order valence-electron chi connectivity index (χ4n) is 3.49. The molecule has 0 bridgehead atoms. The van der Waals surface area contributed by atoms with Crippen molar-refractivity contribution in [3.05, 3.63) is 0 Å². The van der Waals surface area contributed by atoms with E-state index in [2.05, 4.69) is 24.5 Å². The van der Waals surface area contributed by atoms with Gasteiger partial charge in [0.05, 0.1) is 0 Å². The summed E-state index contributed by atoms with van der Waals surface area (Å²) in [5.74, 6) is 1.26. The van der Waals surface area contributed by atoms with Gasteiger partial charge in [0, 0.05) is 5.54 Å². The Morgan fingerprint density at radius 2 is 1.33 bits per heavy atom. The Hall–Kier alpha value is -0.160. The maximum atomic E-state index is 6.79. The van der Waals surface area contributed by atoms with Crippen molar-refractivity contribution in [3.8, 4) is 0 Å². The molecule has 0 aliphatic heterocycles. The van der Waals surface area contributed by atoms with Crippen molar-refractivity contribution < 1.29 is 0 Å². The Bertz CT molecular complexity index is 219. The van der Waals surface area contributed by atoms with Gasteiger partial charge in [0.1, 0.15) is 0 Å². The van der Waals surface area contributed by atoms with Crippen LogP contribution in [0.25, 0.3) is 0 Å². The second kappa shape index (κ2) is 12.4. The van der Waals surface area contributed by atoms with E-state index in [1.54, 1.807) is 0 Å². The van der Waals surface area contributed by atoms with E-state index in [0.717, 1.165) is 45.3 Å². The first-order valence-corrected chi connectivity index (χ1v) is 8.75. The molecule has 0 aromatic rings. The quantitative estimate of drug-likeness (QED) is 0.371. The second-order valence-electron chi connectivity index (χ2n) is 7.05. The van der Waals surface area contributed by atoms with Crippen molar-refractivity contribution in [3.63, 3.8) is 0 Å². The molecule has 4 heteroatoms. The minimum atomic E-state index is -0.0186. The van der Waals surface area contributed by atoms with E-state index in [9.17, 15) is 0 Å². The lowest BCUT2D eigenvalue weighted by molar-refractivity contribution is 0.243. The van der Waals surface area contributed by atoms with Crippen LogP contribution in [-0.4, -0.2) is 39.3 Å². The van der Waals surface area contributed by atoms with Crippen LogP contribution in [0.4, 0.5) is 0 Å². The van der Waals surface area contributed by atoms with E-state index < -0.39 is 0 Å². The molecular formula is C17H40N4. The molecule has 0 aromatic heterocycles. The fraction of sp³-hybridized carbons (Fsp3) is 1.00. The van der Waals surface area contributed by atoms with Gasteiger partial charge in [0.15, 0.2) is 0 Å². The van der Waals surface area contributed by atoms with E-state index in [1.165, 1.54) is 19.3 Å². The first-order valence-electron chi connectivity index (χ1n) is 8.75. The number of rotatable bonds is 14. The Balaban J connectivity index is 4.36. The van der Waals surface area contributed by atoms with E-state index in [0.29, 0.717) is 11.8 Å². The Labute approximate surface area is 132 Å². The van der Waals surface area contributed by atoms with Crippen LogP contribution in [-0.2, 0) is 0 Å². The maximum Gasteiger partial charge on any atom is 0.0160 e. The number of unbranched alkanes of at least 4 members (excludes halogenated alkanes) is 3. The predicted molar refractivity (Wildman–Crippen MR) is 94.5 cm³/mol. The molecule has 0 fully saturated rings. The summed E-state index contributed by atoms with van der Waals surface area (Å²) in [5, 5.41) is 6.54. The van der Waals surface area contributed by atoms with Gasteiger partial charge < -0.3 is 22.1 Å². The first kappa shape index (κ1) is 20.8. The molecule has 0 spiro atoms. The lowest BCUT2D eigenvalue weighted by Gasteiger charge is -2.35. The van der Waals surface area contributed by atoms with E-state index in [4.69, 9.17) is 11.5 Å². The summed E-state index contributed by atoms with van der Waals surface area (Å²) in [7, 11) is 4.04. The second-order valence-corrected chi connectivity index (χ2v) is 7.05. The molecule has 0 aliphatic carbocycles. The smallest absolute Gasteiger partial charge is 0.0160 e. The van der Waals surface area contributed by atoms with Crippen LogP contribution in [0.15, 0.2) is 0 Å². The largest absolute Gasteiger partial charge is 0.330 e. The molecule has 0 saturated carbocycles. The monoisotopic (exact) mass is 300 g/mol. The summed E-state index contributed by atoms with van der Waals surface area (Å²) in [5.41, 5.74) is 12.3. The van der Waals surface area contributed by atoms with Crippen LogP contribution in [0.5, 0.6) is 0 Å². The Morgan fingerprint density at radius 3 is 1.76 bits per heavy atom. The molecule has 0 rings (SSSR count). The van der Waals surface area contributed by atoms with Gasteiger partial charge in [0.2, 0.25) is 0 Å². The summed E-state index contributed by atoms with van der Waals surface area (Å²) in [6.45, 7) is 7.51. The van der Waals surface area contributed by atoms with Gasteiger partial charge in [-0.25, -0.2) is 0 Å². The maximum absolute atomic E-state index is 6.79. The number of hydrogen-bond acceptors (Lipinski definition) is 4. The van der Waals surface area contributed by atoms with Gasteiger partial charge in [-0.15, -0.1) is 0 Å². The summed E-state index contributed by atoms with van der Waals surface area (Å²) in [4.78, 5) is 0. The Kier molecular flexibility index (Phi) is 12.3. The molecule has 0 aliphatic rings. The van der Waals surface area contributed by atoms with Crippen LogP contribution < -0.4 is 22.1 Å². The molecule has 0 heterocycles. The molecule has 0 saturated heterocycles. The minimum absolute atomic E-state index is 0.0186. The van der Waals surface area contributed by atoms with Gasteiger partial charge in [-0.05, 0) is 71.2 Å². The highest BCUT2D eigenvalue weighted by Crippen LogP contribution is 2.28. The minimum Gasteiger partial charge on any atom is -0.330 e. The van der Waals surface area contributed by atoms with Crippen LogP contribution in [0.1, 0.15) is 58.8 Å². The first-order chi connectivity index (χ1) is 9.97. The third-order valence-electron chi connectivity index (χ3n) is 4.24. The normalized spacial score (nSPS) is 17.4. The van der Waals surface area contributed by atoms with Crippen molar-refractivity contribution in [2.75, 3.05) is 33.7 Å². The molecular weight excluding hydrogens is 260 g/mol. The average molecular weight is 301 g/mol. The van der Waals surface area contributed by atoms with Crippen molar-refractivity contribution in [1.82, 2.24) is 10.6 Å². The molecule has 2 atom stereocenters.